The van der Waals surface area contributed by atoms with Gasteiger partial charge in [-0.1, -0.05) is 17.8 Å². The van der Waals surface area contributed by atoms with Gasteiger partial charge in [0.1, 0.15) is 11.5 Å². The zero-order chi connectivity index (χ0) is 13.1. The van der Waals surface area contributed by atoms with E-state index >= 15 is 0 Å². The molecule has 1 aromatic heterocycles. The Morgan fingerprint density at radius 1 is 1.22 bits per heavy atom. The number of nitrogen functional groups attached to an aromatic ring is 1. The number of ether oxygens (including phenoxy) is 1. The van der Waals surface area contributed by atoms with Gasteiger partial charge in [0.05, 0.1) is 22.9 Å². The minimum Gasteiger partial charge on any atom is -0.489 e. The van der Waals surface area contributed by atoms with Crippen LogP contribution in [0.2, 0.25) is 0 Å². The molecule has 0 aliphatic carbocycles. The van der Waals surface area contributed by atoms with Gasteiger partial charge >= 0.3 is 0 Å². The molecule has 96 valence electrons. The average Bonchev–Trinajstić information content (AvgIpc) is 2.70. The second-order valence-electron chi connectivity index (χ2n) is 4.28. The summed E-state index contributed by atoms with van der Waals surface area (Å²) >= 11 is 1.59. The van der Waals surface area contributed by atoms with Crippen LogP contribution in [-0.4, -0.2) is 6.10 Å². The van der Waals surface area contributed by atoms with Crippen LogP contribution in [0, 0.1) is 6.92 Å². The summed E-state index contributed by atoms with van der Waals surface area (Å²) in [4.78, 5) is 2.06. The van der Waals surface area contributed by atoms with E-state index in [1.54, 1.807) is 18.0 Å². The third-order valence-electron chi connectivity index (χ3n) is 2.42. The zero-order valence-electron chi connectivity index (χ0n) is 10.8. The van der Waals surface area contributed by atoms with E-state index in [0.717, 1.165) is 21.3 Å². The van der Waals surface area contributed by atoms with E-state index in [-0.39, 0.29) is 6.10 Å². The fourth-order valence-corrected chi connectivity index (χ4v) is 2.48. The molecule has 2 aromatic rings. The second kappa shape index (κ2) is 5.40. The van der Waals surface area contributed by atoms with Gasteiger partial charge in [-0.3, -0.25) is 0 Å². The van der Waals surface area contributed by atoms with Crippen LogP contribution in [0.5, 0.6) is 5.75 Å². The van der Waals surface area contributed by atoms with Crippen molar-refractivity contribution in [1.82, 2.24) is 0 Å². The Morgan fingerprint density at radius 2 is 2.00 bits per heavy atom. The largest absolute Gasteiger partial charge is 0.489 e. The van der Waals surface area contributed by atoms with E-state index in [9.17, 15) is 0 Å². The van der Waals surface area contributed by atoms with E-state index in [1.165, 1.54) is 0 Å². The lowest BCUT2D eigenvalue weighted by atomic mass is 10.3. The van der Waals surface area contributed by atoms with Crippen molar-refractivity contribution in [3.63, 3.8) is 0 Å². The van der Waals surface area contributed by atoms with Crippen molar-refractivity contribution in [3.8, 4) is 5.75 Å². The minimum absolute atomic E-state index is 0.114. The smallest absolute Gasteiger partial charge is 0.143 e. The maximum absolute atomic E-state index is 6.12. The number of para-hydroxylation sites is 1. The predicted octanol–water partition coefficient (Wildman–Crippen LogP) is 4.11. The molecule has 1 heterocycles. The molecule has 0 amide bonds. The Labute approximate surface area is 111 Å². The van der Waals surface area contributed by atoms with E-state index in [1.807, 2.05) is 45.0 Å². The third-order valence-corrected chi connectivity index (χ3v) is 3.64. The normalized spacial score (nSPS) is 10.9. The molecule has 0 spiro atoms. The number of hydrogen-bond acceptors (Lipinski definition) is 4. The molecule has 0 aliphatic rings. The lowest BCUT2D eigenvalue weighted by Gasteiger charge is -2.14. The highest BCUT2D eigenvalue weighted by molar-refractivity contribution is 7.99. The maximum atomic E-state index is 6.12. The number of anilines is 1. The van der Waals surface area contributed by atoms with Crippen LogP contribution in [0.15, 0.2) is 44.7 Å². The molecule has 0 aliphatic heterocycles. The van der Waals surface area contributed by atoms with Gasteiger partial charge in [-0.05, 0) is 39.0 Å². The summed E-state index contributed by atoms with van der Waals surface area (Å²) < 4.78 is 11.0. The molecular weight excluding hydrogens is 246 g/mol. The lowest BCUT2D eigenvalue weighted by Crippen LogP contribution is -2.07. The van der Waals surface area contributed by atoms with E-state index < -0.39 is 0 Å². The first-order chi connectivity index (χ1) is 8.58. The number of rotatable bonds is 4. The predicted molar refractivity (Wildman–Crippen MR) is 74.2 cm³/mol. The molecule has 18 heavy (non-hydrogen) atoms. The molecule has 1 aromatic carbocycles. The highest BCUT2D eigenvalue weighted by atomic mass is 32.2. The van der Waals surface area contributed by atoms with Gasteiger partial charge < -0.3 is 14.9 Å². The fourth-order valence-electron chi connectivity index (χ4n) is 1.57. The number of benzene rings is 1. The number of furan rings is 1. The summed E-state index contributed by atoms with van der Waals surface area (Å²) in [7, 11) is 0. The van der Waals surface area contributed by atoms with Crippen molar-refractivity contribution in [2.24, 2.45) is 0 Å². The zero-order valence-corrected chi connectivity index (χ0v) is 11.6. The molecule has 2 rings (SSSR count). The van der Waals surface area contributed by atoms with Crippen LogP contribution in [0.3, 0.4) is 0 Å². The van der Waals surface area contributed by atoms with Crippen LogP contribution >= 0.6 is 11.8 Å². The van der Waals surface area contributed by atoms with Gasteiger partial charge in [0.25, 0.3) is 0 Å². The van der Waals surface area contributed by atoms with Crippen LogP contribution in [0.4, 0.5) is 5.69 Å². The monoisotopic (exact) mass is 263 g/mol. The molecule has 0 atom stereocenters. The summed E-state index contributed by atoms with van der Waals surface area (Å²) in [5.41, 5.74) is 6.80. The first kappa shape index (κ1) is 12.9. The van der Waals surface area contributed by atoms with E-state index in [0.29, 0.717) is 5.69 Å². The van der Waals surface area contributed by atoms with Gasteiger partial charge in [0.15, 0.2) is 0 Å². The Bertz CT molecular complexity index is 534. The summed E-state index contributed by atoms with van der Waals surface area (Å²) in [6.07, 6.45) is 1.80. The van der Waals surface area contributed by atoms with E-state index in [2.05, 4.69) is 0 Å². The van der Waals surface area contributed by atoms with E-state index in [4.69, 9.17) is 14.9 Å². The second-order valence-corrected chi connectivity index (χ2v) is 5.36. The summed E-state index contributed by atoms with van der Waals surface area (Å²) in [6.45, 7) is 5.91. The van der Waals surface area contributed by atoms with Crippen molar-refractivity contribution in [2.45, 2.75) is 36.7 Å². The Balaban J connectivity index is 2.26. The Hall–Kier alpha value is -1.55. The average molecular weight is 263 g/mol. The first-order valence-corrected chi connectivity index (χ1v) is 6.66. The molecule has 0 unspecified atom stereocenters. The molecule has 0 radical (unpaired) electrons. The topological polar surface area (TPSA) is 48.4 Å². The first-order valence-electron chi connectivity index (χ1n) is 5.85. The molecule has 4 heteroatoms. The SMILES string of the molecule is Cc1occc1Sc1cccc(OC(C)C)c1N. The quantitative estimate of drug-likeness (QED) is 0.843. The molecule has 3 nitrogen and oxygen atoms in total. The summed E-state index contributed by atoms with van der Waals surface area (Å²) in [6, 6.07) is 7.77. The molecule has 0 saturated heterocycles. The minimum atomic E-state index is 0.114. The molecule has 0 bridgehead atoms. The summed E-state index contributed by atoms with van der Waals surface area (Å²) in [5, 5.41) is 0. The Morgan fingerprint density at radius 3 is 2.61 bits per heavy atom. The third kappa shape index (κ3) is 2.82. The van der Waals surface area contributed by atoms with Crippen molar-refractivity contribution in [3.05, 3.63) is 36.3 Å². The molecule has 0 saturated carbocycles. The fraction of sp³-hybridized carbons (Fsp3) is 0.286. The Kier molecular flexibility index (Phi) is 3.87. The van der Waals surface area contributed by atoms with Crippen molar-refractivity contribution in [2.75, 3.05) is 5.73 Å². The van der Waals surface area contributed by atoms with Crippen molar-refractivity contribution >= 4 is 17.4 Å². The maximum Gasteiger partial charge on any atom is 0.143 e. The van der Waals surface area contributed by atoms with Crippen LogP contribution in [0.1, 0.15) is 19.6 Å². The number of aryl methyl sites for hydroxylation is 1. The summed E-state index contributed by atoms with van der Waals surface area (Å²) in [5.74, 6) is 1.63. The molecule has 2 N–H and O–H groups in total. The van der Waals surface area contributed by atoms with Gasteiger partial charge in [0.2, 0.25) is 0 Å². The van der Waals surface area contributed by atoms with Gasteiger partial charge in [-0.2, -0.15) is 0 Å². The lowest BCUT2D eigenvalue weighted by molar-refractivity contribution is 0.243. The van der Waals surface area contributed by atoms with Crippen LogP contribution in [-0.2, 0) is 0 Å². The van der Waals surface area contributed by atoms with Crippen molar-refractivity contribution in [1.29, 1.82) is 0 Å². The van der Waals surface area contributed by atoms with Gasteiger partial charge in [-0.15, -0.1) is 0 Å². The number of nitrogens with two attached hydrogens (primary N) is 1. The highest BCUT2D eigenvalue weighted by Crippen LogP contribution is 2.38. The number of hydrogen-bond donors (Lipinski definition) is 1. The van der Waals surface area contributed by atoms with Crippen LogP contribution in [0.25, 0.3) is 0 Å². The molecular formula is C14H17NO2S. The standard InChI is InChI=1S/C14H17NO2S/c1-9(2)17-11-5-4-6-13(14(11)15)18-12-7-8-16-10(12)3/h4-9H,15H2,1-3H3. The van der Waals surface area contributed by atoms with Crippen LogP contribution < -0.4 is 10.5 Å². The van der Waals surface area contributed by atoms with Crippen molar-refractivity contribution < 1.29 is 9.15 Å². The highest BCUT2D eigenvalue weighted by Gasteiger charge is 2.11. The van der Waals surface area contributed by atoms with Gasteiger partial charge in [-0.25, -0.2) is 0 Å². The molecule has 0 fully saturated rings. The van der Waals surface area contributed by atoms with Gasteiger partial charge in [0, 0.05) is 4.90 Å².